The number of ketones is 1. The van der Waals surface area contributed by atoms with Crippen LogP contribution in [0, 0.1) is 27.9 Å². The van der Waals surface area contributed by atoms with Gasteiger partial charge in [-0.25, -0.2) is 0 Å². The third-order valence-electron chi connectivity index (χ3n) is 7.20. The first kappa shape index (κ1) is 24.5. The van der Waals surface area contributed by atoms with Crippen LogP contribution >= 0.6 is 0 Å². The van der Waals surface area contributed by atoms with Crippen LogP contribution in [0.15, 0.2) is 30.3 Å². The van der Waals surface area contributed by atoms with Crippen molar-refractivity contribution in [1.29, 1.82) is 0 Å². The number of nitrogens with zero attached hydrogens (tertiary/aromatic N) is 1. The van der Waals surface area contributed by atoms with Crippen molar-refractivity contribution in [1.82, 2.24) is 0 Å². The maximum absolute atomic E-state index is 13.4. The molecule has 0 bridgehead atoms. The molecule has 5 atom stereocenters. The van der Waals surface area contributed by atoms with Crippen molar-refractivity contribution < 1.29 is 14.8 Å². The largest absolute Gasteiger partial charge is 0.379 e. The molecule has 0 amide bonds. The number of nitro groups is 1. The lowest BCUT2D eigenvalue weighted by atomic mass is 9.59. The molecule has 1 aliphatic carbocycles. The number of carbonyl (C=O) groups excluding carboxylic acids is 1. The molecule has 0 aliphatic heterocycles. The summed E-state index contributed by atoms with van der Waals surface area (Å²) < 4.78 is 0. The zero-order valence-electron chi connectivity index (χ0n) is 19.0. The van der Waals surface area contributed by atoms with Gasteiger partial charge >= 0.3 is 0 Å². The SMILES string of the molecule is CCCCCC[C@H]([C@H](O)C(=O)[C@@H]1C[C@H](C)CC[C@@H]1C(C)(C)c1ccccc1)[N+](=O)[O-]. The van der Waals surface area contributed by atoms with Crippen LogP contribution in [0.1, 0.15) is 84.6 Å². The quantitative estimate of drug-likeness (QED) is 0.290. The van der Waals surface area contributed by atoms with E-state index in [0.29, 0.717) is 18.8 Å². The van der Waals surface area contributed by atoms with Gasteiger partial charge in [0.2, 0.25) is 6.04 Å². The lowest BCUT2D eigenvalue weighted by molar-refractivity contribution is -0.532. The first-order chi connectivity index (χ1) is 14.2. The highest BCUT2D eigenvalue weighted by Crippen LogP contribution is 2.46. The molecule has 1 saturated carbocycles. The van der Waals surface area contributed by atoms with E-state index in [9.17, 15) is 20.0 Å². The van der Waals surface area contributed by atoms with Gasteiger partial charge in [0.15, 0.2) is 11.9 Å². The molecule has 5 heteroatoms. The van der Waals surface area contributed by atoms with E-state index in [1.807, 2.05) is 18.2 Å². The normalized spacial score (nSPS) is 24.2. The average molecular weight is 418 g/mol. The van der Waals surface area contributed by atoms with E-state index < -0.39 is 17.1 Å². The van der Waals surface area contributed by atoms with Gasteiger partial charge in [-0.15, -0.1) is 0 Å². The van der Waals surface area contributed by atoms with E-state index in [1.165, 1.54) is 5.56 Å². The van der Waals surface area contributed by atoms with Gasteiger partial charge in [-0.2, -0.15) is 0 Å². The summed E-state index contributed by atoms with van der Waals surface area (Å²) >= 11 is 0. The van der Waals surface area contributed by atoms with E-state index in [2.05, 4.69) is 39.8 Å². The molecule has 0 aromatic heterocycles. The Bertz CT molecular complexity index is 688. The minimum absolute atomic E-state index is 0.0609. The molecular formula is C25H39NO4. The lowest BCUT2D eigenvalue weighted by Gasteiger charge is -2.44. The number of hydrogen-bond donors (Lipinski definition) is 1. The minimum atomic E-state index is -1.52. The molecule has 1 fully saturated rings. The highest BCUT2D eigenvalue weighted by molar-refractivity contribution is 5.86. The Morgan fingerprint density at radius 3 is 2.47 bits per heavy atom. The number of rotatable bonds is 11. The Kier molecular flexibility index (Phi) is 9.02. The average Bonchev–Trinajstić information content (AvgIpc) is 2.73. The molecule has 168 valence electrons. The van der Waals surface area contributed by atoms with Gasteiger partial charge in [0, 0.05) is 17.3 Å². The number of hydrogen-bond acceptors (Lipinski definition) is 4. The molecule has 1 aliphatic rings. The van der Waals surface area contributed by atoms with Gasteiger partial charge < -0.3 is 5.11 Å². The van der Waals surface area contributed by atoms with E-state index in [4.69, 9.17) is 0 Å². The highest BCUT2D eigenvalue weighted by Gasteiger charge is 2.47. The van der Waals surface area contributed by atoms with E-state index in [0.717, 1.165) is 32.1 Å². The molecular weight excluding hydrogens is 378 g/mol. The van der Waals surface area contributed by atoms with Gasteiger partial charge in [-0.05, 0) is 42.1 Å². The van der Waals surface area contributed by atoms with Crippen LogP contribution in [0.3, 0.4) is 0 Å². The number of unbranched alkanes of at least 4 members (excludes halogenated alkanes) is 3. The van der Waals surface area contributed by atoms with Crippen molar-refractivity contribution in [3.05, 3.63) is 46.0 Å². The zero-order valence-corrected chi connectivity index (χ0v) is 19.0. The molecule has 1 aromatic carbocycles. The molecule has 2 rings (SSSR count). The second kappa shape index (κ2) is 11.0. The maximum Gasteiger partial charge on any atom is 0.245 e. The predicted octanol–water partition coefficient (Wildman–Crippen LogP) is 5.56. The van der Waals surface area contributed by atoms with E-state index in [1.54, 1.807) is 0 Å². The number of benzene rings is 1. The summed E-state index contributed by atoms with van der Waals surface area (Å²) in [6, 6.07) is 8.97. The molecule has 5 nitrogen and oxygen atoms in total. The summed E-state index contributed by atoms with van der Waals surface area (Å²) in [6.07, 6.45) is 4.98. The lowest BCUT2D eigenvalue weighted by Crippen LogP contribution is -2.49. The fraction of sp³-hybridized carbons (Fsp3) is 0.720. The van der Waals surface area contributed by atoms with Crippen molar-refractivity contribution in [3.63, 3.8) is 0 Å². The van der Waals surface area contributed by atoms with E-state index in [-0.39, 0.29) is 29.5 Å². The van der Waals surface area contributed by atoms with Crippen LogP contribution in [-0.4, -0.2) is 28.0 Å². The van der Waals surface area contributed by atoms with Crippen LogP contribution in [0.2, 0.25) is 0 Å². The fourth-order valence-electron chi connectivity index (χ4n) is 5.21. The van der Waals surface area contributed by atoms with Crippen LogP contribution in [-0.2, 0) is 10.2 Å². The first-order valence-electron chi connectivity index (χ1n) is 11.6. The summed E-state index contributed by atoms with van der Waals surface area (Å²) in [6.45, 7) is 8.53. The third kappa shape index (κ3) is 5.90. The Balaban J connectivity index is 2.22. The Hall–Kier alpha value is -1.75. The van der Waals surface area contributed by atoms with Crippen LogP contribution in [0.4, 0.5) is 0 Å². The monoisotopic (exact) mass is 417 g/mol. The fourth-order valence-corrected chi connectivity index (χ4v) is 5.21. The van der Waals surface area contributed by atoms with Gasteiger partial charge in [0.1, 0.15) is 0 Å². The van der Waals surface area contributed by atoms with Crippen molar-refractivity contribution >= 4 is 5.78 Å². The first-order valence-corrected chi connectivity index (χ1v) is 11.6. The number of aliphatic hydroxyl groups is 1. The number of Topliss-reactive ketones (excluding diaryl/α,β-unsaturated/α-hetero) is 1. The minimum Gasteiger partial charge on any atom is -0.379 e. The van der Waals surface area contributed by atoms with Crippen LogP contribution in [0.5, 0.6) is 0 Å². The third-order valence-corrected chi connectivity index (χ3v) is 7.20. The summed E-state index contributed by atoms with van der Waals surface area (Å²) in [5, 5.41) is 22.5. The van der Waals surface area contributed by atoms with Crippen LogP contribution < -0.4 is 0 Å². The van der Waals surface area contributed by atoms with Gasteiger partial charge in [0.05, 0.1) is 0 Å². The second-order valence-corrected chi connectivity index (χ2v) is 9.77. The van der Waals surface area contributed by atoms with Crippen LogP contribution in [0.25, 0.3) is 0 Å². The van der Waals surface area contributed by atoms with Crippen molar-refractivity contribution in [2.24, 2.45) is 17.8 Å². The van der Waals surface area contributed by atoms with Crippen molar-refractivity contribution in [2.45, 2.75) is 96.6 Å². The molecule has 0 spiro atoms. The maximum atomic E-state index is 13.4. The van der Waals surface area contributed by atoms with Crippen molar-refractivity contribution in [3.8, 4) is 0 Å². The Labute approximate surface area is 181 Å². The van der Waals surface area contributed by atoms with Crippen molar-refractivity contribution in [2.75, 3.05) is 0 Å². The summed E-state index contributed by atoms with van der Waals surface area (Å²) in [7, 11) is 0. The van der Waals surface area contributed by atoms with Gasteiger partial charge in [-0.1, -0.05) is 83.7 Å². The zero-order chi connectivity index (χ0) is 22.3. The molecule has 0 heterocycles. The molecule has 1 N–H and O–H groups in total. The summed E-state index contributed by atoms with van der Waals surface area (Å²) in [4.78, 5) is 24.6. The number of aliphatic hydroxyl groups excluding tert-OH is 1. The second-order valence-electron chi connectivity index (χ2n) is 9.77. The topological polar surface area (TPSA) is 80.4 Å². The standard InChI is InChI=1S/C25H39NO4/c1-5-6-7-11-14-22(26(29)30)24(28)23(27)20-17-18(2)15-16-21(20)25(3,4)19-12-9-8-10-13-19/h8-10,12-13,18,20-22,24,28H,5-7,11,14-17H2,1-4H3/t18-,20-,21+,22-,24+/m1/s1. The Morgan fingerprint density at radius 1 is 1.20 bits per heavy atom. The molecule has 0 saturated heterocycles. The van der Waals surface area contributed by atoms with E-state index >= 15 is 0 Å². The highest BCUT2D eigenvalue weighted by atomic mass is 16.6. The molecule has 0 radical (unpaired) electrons. The predicted molar refractivity (Wildman–Crippen MR) is 120 cm³/mol. The van der Waals surface area contributed by atoms with Gasteiger partial charge in [0.25, 0.3) is 0 Å². The Morgan fingerprint density at radius 2 is 1.87 bits per heavy atom. The molecule has 30 heavy (non-hydrogen) atoms. The van der Waals surface area contributed by atoms with Gasteiger partial charge in [-0.3, -0.25) is 14.9 Å². The molecule has 1 aromatic rings. The summed E-state index contributed by atoms with van der Waals surface area (Å²) in [5.41, 5.74) is 0.925. The molecule has 0 unspecified atom stereocenters. The number of carbonyl (C=O) groups is 1. The summed E-state index contributed by atoms with van der Waals surface area (Å²) in [5.74, 6) is -0.233. The smallest absolute Gasteiger partial charge is 0.245 e.